The molecule has 1 N–H and O–H groups in total. The standard InChI is InChI=1S/C17H16N2O/c1-12-6-8-15(9-7-12)19-17(20)16(11-18-19)14-5-3-4-13(2)10-14/h3-11,18H,1-2H3. The molecule has 0 amide bonds. The molecular formula is C17H16N2O. The minimum atomic E-state index is -0.0283. The van der Waals surface area contributed by atoms with Crippen LogP contribution < -0.4 is 5.56 Å². The predicted molar refractivity (Wildman–Crippen MR) is 81.3 cm³/mol. The Balaban J connectivity index is 2.09. The van der Waals surface area contributed by atoms with Gasteiger partial charge in [0.05, 0.1) is 11.3 Å². The van der Waals surface area contributed by atoms with Crippen molar-refractivity contribution in [3.05, 3.63) is 76.2 Å². The minimum absolute atomic E-state index is 0.0283. The van der Waals surface area contributed by atoms with Crippen molar-refractivity contribution >= 4 is 0 Å². The third-order valence-electron chi connectivity index (χ3n) is 3.39. The van der Waals surface area contributed by atoms with E-state index >= 15 is 0 Å². The zero-order valence-corrected chi connectivity index (χ0v) is 11.6. The summed E-state index contributed by atoms with van der Waals surface area (Å²) in [4.78, 5) is 12.5. The van der Waals surface area contributed by atoms with E-state index in [4.69, 9.17) is 0 Å². The monoisotopic (exact) mass is 264 g/mol. The summed E-state index contributed by atoms with van der Waals surface area (Å²) in [6.45, 7) is 4.05. The first kappa shape index (κ1) is 12.5. The van der Waals surface area contributed by atoms with Gasteiger partial charge in [-0.3, -0.25) is 9.89 Å². The molecule has 0 unspecified atom stereocenters. The number of nitrogens with zero attached hydrogens (tertiary/aromatic N) is 1. The van der Waals surface area contributed by atoms with Crippen molar-refractivity contribution in [2.75, 3.05) is 0 Å². The molecule has 0 aliphatic rings. The summed E-state index contributed by atoms with van der Waals surface area (Å²) in [6.07, 6.45) is 1.76. The predicted octanol–water partition coefficient (Wildman–Crippen LogP) is 3.45. The van der Waals surface area contributed by atoms with Gasteiger partial charge >= 0.3 is 0 Å². The second kappa shape index (κ2) is 4.85. The van der Waals surface area contributed by atoms with E-state index in [0.717, 1.165) is 16.8 Å². The smallest absolute Gasteiger partial charge is 0.279 e. The molecule has 0 saturated carbocycles. The fourth-order valence-corrected chi connectivity index (χ4v) is 2.27. The van der Waals surface area contributed by atoms with Crippen molar-refractivity contribution in [2.24, 2.45) is 0 Å². The first-order valence-corrected chi connectivity index (χ1v) is 6.60. The number of rotatable bonds is 2. The van der Waals surface area contributed by atoms with Crippen LogP contribution in [-0.4, -0.2) is 9.78 Å². The van der Waals surface area contributed by atoms with Crippen LogP contribution in [0.4, 0.5) is 0 Å². The zero-order chi connectivity index (χ0) is 14.1. The van der Waals surface area contributed by atoms with Crippen LogP contribution in [0.15, 0.2) is 59.5 Å². The fraction of sp³-hybridized carbons (Fsp3) is 0.118. The van der Waals surface area contributed by atoms with Gasteiger partial charge in [-0.1, -0.05) is 47.5 Å². The van der Waals surface area contributed by atoms with E-state index in [2.05, 4.69) is 5.10 Å². The van der Waals surface area contributed by atoms with Gasteiger partial charge in [0.25, 0.3) is 5.56 Å². The van der Waals surface area contributed by atoms with E-state index < -0.39 is 0 Å². The number of hydrogen-bond acceptors (Lipinski definition) is 1. The lowest BCUT2D eigenvalue weighted by atomic mass is 10.1. The minimum Gasteiger partial charge on any atom is -0.298 e. The van der Waals surface area contributed by atoms with Crippen molar-refractivity contribution in [3.8, 4) is 16.8 Å². The summed E-state index contributed by atoms with van der Waals surface area (Å²) in [5.74, 6) is 0. The van der Waals surface area contributed by atoms with E-state index in [1.807, 2.05) is 62.4 Å². The lowest BCUT2D eigenvalue weighted by Gasteiger charge is -2.01. The van der Waals surface area contributed by atoms with Gasteiger partial charge in [-0.05, 0) is 31.5 Å². The molecule has 0 aliphatic heterocycles. The average Bonchev–Trinajstić information content (AvgIpc) is 2.82. The molecule has 0 spiro atoms. The molecular weight excluding hydrogens is 248 g/mol. The van der Waals surface area contributed by atoms with Gasteiger partial charge in [0.15, 0.2) is 0 Å². The molecule has 3 aromatic rings. The van der Waals surface area contributed by atoms with Crippen LogP contribution in [0.1, 0.15) is 11.1 Å². The number of aromatic amines is 1. The summed E-state index contributed by atoms with van der Waals surface area (Å²) >= 11 is 0. The SMILES string of the molecule is Cc1ccc(-n2[nH]cc(-c3cccc(C)c3)c2=O)cc1. The largest absolute Gasteiger partial charge is 0.298 e. The third-order valence-corrected chi connectivity index (χ3v) is 3.39. The Bertz CT molecular complexity index is 794. The number of H-pyrrole nitrogens is 1. The van der Waals surface area contributed by atoms with Crippen LogP contribution in [0.25, 0.3) is 16.8 Å². The first-order chi connectivity index (χ1) is 9.65. The molecule has 0 fully saturated rings. The highest BCUT2D eigenvalue weighted by Gasteiger charge is 2.09. The molecule has 3 nitrogen and oxygen atoms in total. The van der Waals surface area contributed by atoms with Crippen molar-refractivity contribution in [1.82, 2.24) is 9.78 Å². The normalized spacial score (nSPS) is 10.7. The molecule has 1 heterocycles. The number of nitrogens with one attached hydrogen (secondary N) is 1. The highest BCUT2D eigenvalue weighted by molar-refractivity contribution is 5.63. The van der Waals surface area contributed by atoms with Gasteiger partial charge in [0.1, 0.15) is 0 Å². The average molecular weight is 264 g/mol. The molecule has 2 aromatic carbocycles. The van der Waals surface area contributed by atoms with Crippen molar-refractivity contribution in [2.45, 2.75) is 13.8 Å². The summed E-state index contributed by atoms with van der Waals surface area (Å²) in [6, 6.07) is 15.8. The maximum absolute atomic E-state index is 12.5. The van der Waals surface area contributed by atoms with Gasteiger partial charge in [-0.25, -0.2) is 4.68 Å². The van der Waals surface area contributed by atoms with Crippen molar-refractivity contribution in [3.63, 3.8) is 0 Å². The van der Waals surface area contributed by atoms with E-state index in [-0.39, 0.29) is 5.56 Å². The van der Waals surface area contributed by atoms with Gasteiger partial charge in [-0.15, -0.1) is 0 Å². The lowest BCUT2D eigenvalue weighted by molar-refractivity contribution is 0.849. The molecule has 100 valence electrons. The van der Waals surface area contributed by atoms with Gasteiger partial charge in [0, 0.05) is 6.20 Å². The molecule has 0 saturated heterocycles. The summed E-state index contributed by atoms with van der Waals surface area (Å²) < 4.78 is 1.57. The highest BCUT2D eigenvalue weighted by atomic mass is 16.1. The van der Waals surface area contributed by atoms with E-state index in [1.54, 1.807) is 10.9 Å². The molecule has 3 heteroatoms. The van der Waals surface area contributed by atoms with Crippen LogP contribution >= 0.6 is 0 Å². The summed E-state index contributed by atoms with van der Waals surface area (Å²) in [5.41, 5.74) is 4.77. The van der Waals surface area contributed by atoms with Crippen LogP contribution in [0.2, 0.25) is 0 Å². The second-order valence-corrected chi connectivity index (χ2v) is 5.03. The van der Waals surface area contributed by atoms with E-state index in [1.165, 1.54) is 5.56 Å². The Morgan fingerprint density at radius 3 is 2.40 bits per heavy atom. The Labute approximate surface area is 117 Å². The van der Waals surface area contributed by atoms with Crippen LogP contribution in [0.5, 0.6) is 0 Å². The van der Waals surface area contributed by atoms with Gasteiger partial charge < -0.3 is 0 Å². The molecule has 3 rings (SSSR count). The molecule has 0 aliphatic carbocycles. The molecule has 0 radical (unpaired) electrons. The summed E-state index contributed by atoms with van der Waals surface area (Å²) in [5, 5.41) is 3.03. The topological polar surface area (TPSA) is 37.8 Å². The summed E-state index contributed by atoms with van der Waals surface area (Å²) in [7, 11) is 0. The van der Waals surface area contributed by atoms with Crippen LogP contribution in [-0.2, 0) is 0 Å². The van der Waals surface area contributed by atoms with Crippen molar-refractivity contribution < 1.29 is 0 Å². The Morgan fingerprint density at radius 1 is 0.950 bits per heavy atom. The number of aromatic nitrogens is 2. The second-order valence-electron chi connectivity index (χ2n) is 5.03. The molecule has 20 heavy (non-hydrogen) atoms. The van der Waals surface area contributed by atoms with Crippen LogP contribution in [0, 0.1) is 13.8 Å². The maximum atomic E-state index is 12.5. The number of benzene rings is 2. The Morgan fingerprint density at radius 2 is 1.70 bits per heavy atom. The molecule has 0 atom stereocenters. The van der Waals surface area contributed by atoms with Crippen LogP contribution in [0.3, 0.4) is 0 Å². The van der Waals surface area contributed by atoms with E-state index in [9.17, 15) is 4.79 Å². The number of aryl methyl sites for hydroxylation is 2. The highest BCUT2D eigenvalue weighted by Crippen LogP contribution is 2.17. The van der Waals surface area contributed by atoms with Gasteiger partial charge in [-0.2, -0.15) is 0 Å². The third kappa shape index (κ3) is 2.18. The van der Waals surface area contributed by atoms with Crippen molar-refractivity contribution in [1.29, 1.82) is 0 Å². The quantitative estimate of drug-likeness (QED) is 0.756. The molecule has 1 aromatic heterocycles. The lowest BCUT2D eigenvalue weighted by Crippen LogP contribution is -2.15. The fourth-order valence-electron chi connectivity index (χ4n) is 2.27. The Kier molecular flexibility index (Phi) is 3.03. The van der Waals surface area contributed by atoms with E-state index in [0.29, 0.717) is 5.56 Å². The zero-order valence-electron chi connectivity index (χ0n) is 11.6. The Hall–Kier alpha value is -2.55. The molecule has 0 bridgehead atoms. The van der Waals surface area contributed by atoms with Gasteiger partial charge in [0.2, 0.25) is 0 Å². The first-order valence-electron chi connectivity index (χ1n) is 6.60. The number of hydrogen-bond donors (Lipinski definition) is 1. The maximum Gasteiger partial charge on any atom is 0.279 e.